The van der Waals surface area contributed by atoms with E-state index in [-0.39, 0.29) is 101 Å². The van der Waals surface area contributed by atoms with Crippen molar-refractivity contribution in [1.82, 2.24) is 49.8 Å². The van der Waals surface area contributed by atoms with Gasteiger partial charge in [0.05, 0.1) is 30.4 Å². The summed E-state index contributed by atoms with van der Waals surface area (Å²) < 4.78 is 52.3. The van der Waals surface area contributed by atoms with Crippen LogP contribution in [-0.2, 0) is 63.4 Å². The van der Waals surface area contributed by atoms with Crippen LogP contribution in [0, 0.1) is 63.2 Å². The average molecular weight is 1300 g/mol. The largest absolute Gasteiger partial charge is 1.00 e. The molecule has 28 heteroatoms. The molecule has 0 radical (unpaired) electrons. The maximum atomic E-state index is 13.9. The number of rotatable bonds is 26. The van der Waals surface area contributed by atoms with Crippen LogP contribution in [0.2, 0.25) is 0 Å². The molecule has 476 valence electrons. The van der Waals surface area contributed by atoms with Gasteiger partial charge in [-0.2, -0.15) is 20.4 Å². The van der Waals surface area contributed by atoms with Crippen molar-refractivity contribution in [3.8, 4) is 22.3 Å². The first-order valence-electron chi connectivity index (χ1n) is 30.4. The summed E-state index contributed by atoms with van der Waals surface area (Å²) >= 11 is 0. The van der Waals surface area contributed by atoms with Crippen LogP contribution < -0.4 is 90.2 Å². The minimum Gasteiger partial charge on any atom is -0.790 e. The van der Waals surface area contributed by atoms with Crippen LogP contribution in [0.1, 0.15) is 151 Å². The van der Waals surface area contributed by atoms with Crippen molar-refractivity contribution >= 4 is 50.6 Å². The van der Waals surface area contributed by atoms with Crippen LogP contribution in [0.15, 0.2) is 73.1 Å². The summed E-state index contributed by atoms with van der Waals surface area (Å²) in [7, 11) is -9.05. The number of benzene rings is 2. The molecular formula is C62H84N12Na2O12P2. The van der Waals surface area contributed by atoms with Crippen molar-refractivity contribution in [2.24, 2.45) is 35.5 Å². The summed E-state index contributed by atoms with van der Waals surface area (Å²) in [5.41, 5.74) is 6.83. The fourth-order valence-corrected chi connectivity index (χ4v) is 13.8. The number of aromatic nitrogens is 8. The summed E-state index contributed by atoms with van der Waals surface area (Å²) in [6, 6.07) is 16.8. The van der Waals surface area contributed by atoms with E-state index >= 15 is 0 Å². The molecule has 0 aliphatic heterocycles. The van der Waals surface area contributed by atoms with Crippen molar-refractivity contribution in [2.75, 3.05) is 10.6 Å². The topological polar surface area (TPSA) is 305 Å². The Hall–Kier alpha value is -4.62. The van der Waals surface area contributed by atoms with E-state index in [0.29, 0.717) is 70.9 Å². The number of carbonyl (C=O) groups is 4. The molecule has 0 saturated heterocycles. The van der Waals surface area contributed by atoms with Crippen LogP contribution >= 0.6 is 15.6 Å². The monoisotopic (exact) mass is 1300 g/mol. The maximum absolute atomic E-state index is 13.9. The quantitative estimate of drug-likeness (QED) is 0.0445. The number of hydrogen-bond donors (Lipinski definition) is 4. The first-order valence-corrected chi connectivity index (χ1v) is 33.3. The van der Waals surface area contributed by atoms with Gasteiger partial charge >= 0.3 is 66.9 Å². The first kappa shape index (κ1) is 72.8. The molecular weight excluding hydrogens is 1210 g/mol. The van der Waals surface area contributed by atoms with Crippen LogP contribution in [0.25, 0.3) is 22.3 Å². The minimum atomic E-state index is -5.13. The van der Waals surface area contributed by atoms with Crippen LogP contribution in [0.4, 0.5) is 11.4 Å². The summed E-state index contributed by atoms with van der Waals surface area (Å²) in [5.74, 6) is 0.938. The molecule has 0 spiro atoms. The number of nitrogens with zero attached hydrogens (tertiary/aromatic N) is 8. The standard InChI is InChI=1S/C35H51N6O6P.C27H35N6O6P.2Na/c1-10-40-28(19-20-36-40)32(42)38-31(30(25-11-12-25)26-13-14-26)33(43)37-27-17-15-24(16-18-27)29-22(2)39-41(23(29)3)21-45-48(44,46-34(4,5)6)47-35(7,8)9;1-4-32-22(13-14-28-32)26(34)30-25(24(19-5-6-19)20-7-8-20)27(35)29-21-11-9-18(10-12-21)23-16(2)31-33(17(23)3)15-39-40(36,37)38;;/h15-20,25-26,30-31H,10-14,21H2,1-9H3,(H,37,43)(H,38,42);9-14,19-20,24-25H,4-8,15H2,1-3H3,(H,29,35)(H,30,34)(H2,36,37,38);;/q;;2*+1/p-2/t31-;25-;;/m00../s1. The molecule has 4 fully saturated rings. The van der Waals surface area contributed by atoms with E-state index in [1.54, 1.807) is 106 Å². The van der Waals surface area contributed by atoms with Gasteiger partial charge in [0.15, 0.2) is 6.73 Å². The third-order valence-electron chi connectivity index (χ3n) is 16.2. The molecule has 0 unspecified atom stereocenters. The Morgan fingerprint density at radius 1 is 0.544 bits per heavy atom. The minimum absolute atomic E-state index is 0. The van der Waals surface area contributed by atoms with Crippen molar-refractivity contribution in [3.63, 3.8) is 0 Å². The molecule has 4 saturated carbocycles. The molecule has 6 aromatic rings. The molecule has 10 rings (SSSR count). The van der Waals surface area contributed by atoms with Crippen LogP contribution in [0.3, 0.4) is 0 Å². The molecule has 2 atom stereocenters. The zero-order valence-corrected chi connectivity index (χ0v) is 60.2. The maximum Gasteiger partial charge on any atom is 1.00 e. The summed E-state index contributed by atoms with van der Waals surface area (Å²) in [4.78, 5) is 75.8. The molecule has 4 amide bonds. The zero-order chi connectivity index (χ0) is 63.6. The Bertz CT molecular complexity index is 3530. The Labute approximate surface area is 571 Å². The first-order chi connectivity index (χ1) is 41.5. The van der Waals surface area contributed by atoms with E-state index in [9.17, 15) is 38.1 Å². The zero-order valence-electron chi connectivity index (χ0n) is 54.4. The van der Waals surface area contributed by atoms with Gasteiger partial charge in [-0.25, -0.2) is 13.9 Å². The third kappa shape index (κ3) is 19.3. The number of hydrogen-bond acceptors (Lipinski definition) is 16. The van der Waals surface area contributed by atoms with E-state index < -0.39 is 45.7 Å². The van der Waals surface area contributed by atoms with Gasteiger partial charge in [-0.1, -0.05) is 24.3 Å². The molecule has 24 nitrogen and oxygen atoms in total. The molecule has 4 aliphatic carbocycles. The smallest absolute Gasteiger partial charge is 0.790 e. The number of amides is 4. The summed E-state index contributed by atoms with van der Waals surface area (Å²) in [6.45, 7) is 22.4. The van der Waals surface area contributed by atoms with Crippen LogP contribution in [-0.4, -0.2) is 86.0 Å². The molecule has 4 N–H and O–H groups in total. The molecule has 4 aromatic heterocycles. The molecule has 2 aromatic carbocycles. The van der Waals surface area contributed by atoms with Crippen molar-refractivity contribution in [1.29, 1.82) is 0 Å². The van der Waals surface area contributed by atoms with E-state index in [2.05, 4.69) is 46.2 Å². The van der Waals surface area contributed by atoms with Gasteiger partial charge in [0, 0.05) is 59.4 Å². The molecule has 90 heavy (non-hydrogen) atoms. The van der Waals surface area contributed by atoms with Gasteiger partial charge in [-0.15, -0.1) is 0 Å². The predicted octanol–water partition coefficient (Wildman–Crippen LogP) is 3.64. The number of phosphoric ester groups is 2. The van der Waals surface area contributed by atoms with Crippen molar-refractivity contribution in [2.45, 2.75) is 184 Å². The Morgan fingerprint density at radius 2 is 0.878 bits per heavy atom. The van der Waals surface area contributed by atoms with Gasteiger partial charge in [-0.05, 0) is 217 Å². The van der Waals surface area contributed by atoms with Gasteiger partial charge in [0.1, 0.15) is 30.2 Å². The van der Waals surface area contributed by atoms with Gasteiger partial charge in [-0.3, -0.25) is 42.1 Å². The second kappa shape index (κ2) is 30.2. The second-order valence-electron chi connectivity index (χ2n) is 25.5. The summed E-state index contributed by atoms with van der Waals surface area (Å²) in [5, 5.41) is 29.5. The number of nitrogens with one attached hydrogen (secondary N) is 4. The molecule has 0 bridgehead atoms. The predicted molar refractivity (Wildman–Crippen MR) is 327 cm³/mol. The summed E-state index contributed by atoms with van der Waals surface area (Å²) in [6.07, 6.45) is 11.8. The van der Waals surface area contributed by atoms with Gasteiger partial charge in [0.2, 0.25) is 11.8 Å². The molecule has 4 heterocycles. The second-order valence-corrected chi connectivity index (χ2v) is 28.2. The Morgan fingerprint density at radius 3 is 1.18 bits per heavy atom. The Kier molecular flexibility index (Phi) is 24.4. The number of carbonyl (C=O) groups excluding carboxylic acids is 4. The number of aryl methyl sites for hydroxylation is 4. The van der Waals surface area contributed by atoms with Crippen LogP contribution in [0.5, 0.6) is 0 Å². The SMILES string of the molecule is CCn1nccc1C(=O)N[C@H](C(=O)Nc1ccc(-c2c(C)nn(COP(=O)(OC(C)(C)C)OC(C)(C)C)c2C)cc1)C(C1CC1)C1CC1.CCn1nccc1C(=O)N[C@H](C(=O)Nc1ccc(-c2c(C)nn(COP(=O)([O-])[O-])c2C)cc1)C(C1CC1)C1CC1.[Na+].[Na+]. The Balaban J connectivity index is 0.000000254. The third-order valence-corrected chi connectivity index (χ3v) is 18.6. The van der Waals surface area contributed by atoms with E-state index in [1.807, 2.05) is 64.1 Å². The average Bonchev–Trinajstić information content (AvgIpc) is 2.24. The van der Waals surface area contributed by atoms with Gasteiger partial charge in [0.25, 0.3) is 11.8 Å². The number of phosphoric acid groups is 2. The number of anilines is 2. The molecule has 4 aliphatic rings. The van der Waals surface area contributed by atoms with Crippen molar-refractivity contribution in [3.05, 3.63) is 107 Å². The van der Waals surface area contributed by atoms with E-state index in [1.165, 1.54) is 4.68 Å². The fraction of sp³-hybridized carbons (Fsp3) is 0.548. The van der Waals surface area contributed by atoms with Crippen molar-refractivity contribution < 1.29 is 115 Å². The fourth-order valence-electron chi connectivity index (χ4n) is 11.8. The normalized spacial score (nSPS) is 15.9. The van der Waals surface area contributed by atoms with Gasteiger partial charge < -0.3 is 40.1 Å². The van der Waals surface area contributed by atoms with E-state index in [4.69, 9.17) is 13.6 Å². The van der Waals surface area contributed by atoms with E-state index in [0.717, 1.165) is 85.0 Å².